The zero-order valence-electron chi connectivity index (χ0n) is 5.20. The Morgan fingerprint density at radius 1 is 1.75 bits per heavy atom. The van der Waals surface area contributed by atoms with Gasteiger partial charge in [-0.25, -0.2) is 0 Å². The van der Waals surface area contributed by atoms with Crippen molar-refractivity contribution in [2.75, 3.05) is 20.1 Å². The second kappa shape index (κ2) is 3.02. The molecule has 0 saturated carbocycles. The molecule has 48 valence electrons. The van der Waals surface area contributed by atoms with E-state index in [0.29, 0.717) is 6.04 Å². The Kier molecular flexibility index (Phi) is 2.27. The lowest BCUT2D eigenvalue weighted by atomic mass is 10.2. The van der Waals surface area contributed by atoms with Crippen molar-refractivity contribution < 1.29 is 0 Å². The fourth-order valence-corrected chi connectivity index (χ4v) is 0.935. The van der Waals surface area contributed by atoms with Gasteiger partial charge in [0, 0.05) is 19.1 Å². The summed E-state index contributed by atoms with van der Waals surface area (Å²) in [6.45, 7) is 2.17. The van der Waals surface area contributed by atoms with Crippen molar-refractivity contribution in [1.29, 1.82) is 0 Å². The molecule has 3 N–H and O–H groups in total. The van der Waals surface area contributed by atoms with Crippen molar-refractivity contribution in [3.8, 4) is 0 Å². The van der Waals surface area contributed by atoms with Gasteiger partial charge in [-0.3, -0.25) is 10.9 Å². The fourth-order valence-electron chi connectivity index (χ4n) is 0.935. The van der Waals surface area contributed by atoms with Crippen molar-refractivity contribution in [3.05, 3.63) is 0 Å². The van der Waals surface area contributed by atoms with Gasteiger partial charge in [0.15, 0.2) is 0 Å². The van der Waals surface area contributed by atoms with E-state index in [1.807, 2.05) is 7.05 Å². The maximum absolute atomic E-state index is 3.14. The lowest BCUT2D eigenvalue weighted by Crippen LogP contribution is -2.36. The molecule has 0 spiro atoms. The van der Waals surface area contributed by atoms with Crippen LogP contribution in [0.15, 0.2) is 0 Å². The van der Waals surface area contributed by atoms with E-state index >= 15 is 0 Å². The van der Waals surface area contributed by atoms with Crippen LogP contribution in [-0.2, 0) is 0 Å². The standard InChI is InChI=1S/C5H13N3/c1-6-4-5-2-3-7-8-5/h5-8H,2-4H2,1H3. The van der Waals surface area contributed by atoms with E-state index in [1.165, 1.54) is 6.42 Å². The van der Waals surface area contributed by atoms with Crippen LogP contribution in [0.5, 0.6) is 0 Å². The van der Waals surface area contributed by atoms with Crippen molar-refractivity contribution in [1.82, 2.24) is 16.2 Å². The van der Waals surface area contributed by atoms with Crippen LogP contribution in [0.1, 0.15) is 6.42 Å². The van der Waals surface area contributed by atoms with Gasteiger partial charge in [0.25, 0.3) is 0 Å². The first kappa shape index (κ1) is 6.01. The van der Waals surface area contributed by atoms with Crippen molar-refractivity contribution in [3.63, 3.8) is 0 Å². The summed E-state index contributed by atoms with van der Waals surface area (Å²) in [5, 5.41) is 3.11. The Balaban J connectivity index is 2.06. The molecule has 1 atom stereocenters. The Morgan fingerprint density at radius 3 is 3.12 bits per heavy atom. The van der Waals surface area contributed by atoms with Gasteiger partial charge in [-0.1, -0.05) is 0 Å². The minimum Gasteiger partial charge on any atom is -0.318 e. The smallest absolute Gasteiger partial charge is 0.0350 e. The monoisotopic (exact) mass is 115 g/mol. The molecule has 1 saturated heterocycles. The van der Waals surface area contributed by atoms with Crippen molar-refractivity contribution in [2.45, 2.75) is 12.5 Å². The van der Waals surface area contributed by atoms with E-state index in [9.17, 15) is 0 Å². The fraction of sp³-hybridized carbons (Fsp3) is 1.00. The number of likely N-dealkylation sites (N-methyl/N-ethyl adjacent to an activating group) is 1. The molecule has 0 radical (unpaired) electrons. The molecule has 0 bridgehead atoms. The molecule has 0 amide bonds. The number of rotatable bonds is 2. The van der Waals surface area contributed by atoms with Gasteiger partial charge < -0.3 is 5.32 Å². The first-order chi connectivity index (χ1) is 3.93. The SMILES string of the molecule is CNCC1CCNN1. The molecule has 0 aromatic rings. The quantitative estimate of drug-likeness (QED) is 0.435. The molecule has 3 heteroatoms. The molecule has 1 heterocycles. The summed E-state index contributed by atoms with van der Waals surface area (Å²) in [7, 11) is 1.97. The molecule has 1 unspecified atom stereocenters. The van der Waals surface area contributed by atoms with E-state index < -0.39 is 0 Å². The Morgan fingerprint density at radius 2 is 2.62 bits per heavy atom. The average Bonchev–Trinajstić information content (AvgIpc) is 2.19. The third kappa shape index (κ3) is 1.43. The van der Waals surface area contributed by atoms with E-state index in [2.05, 4.69) is 16.2 Å². The van der Waals surface area contributed by atoms with Crippen LogP contribution in [0.4, 0.5) is 0 Å². The summed E-state index contributed by atoms with van der Waals surface area (Å²) >= 11 is 0. The molecule has 1 aliphatic rings. The van der Waals surface area contributed by atoms with Gasteiger partial charge in [0.2, 0.25) is 0 Å². The van der Waals surface area contributed by atoms with Gasteiger partial charge in [-0.05, 0) is 13.5 Å². The maximum atomic E-state index is 3.14. The highest BCUT2D eigenvalue weighted by Crippen LogP contribution is 1.91. The van der Waals surface area contributed by atoms with Gasteiger partial charge >= 0.3 is 0 Å². The van der Waals surface area contributed by atoms with Crippen LogP contribution >= 0.6 is 0 Å². The summed E-state index contributed by atoms with van der Waals surface area (Å²) in [6.07, 6.45) is 1.24. The summed E-state index contributed by atoms with van der Waals surface area (Å²) in [4.78, 5) is 0. The lowest BCUT2D eigenvalue weighted by molar-refractivity contribution is 0.530. The zero-order valence-corrected chi connectivity index (χ0v) is 5.20. The summed E-state index contributed by atoms with van der Waals surface area (Å²) in [5.74, 6) is 0. The normalized spacial score (nSPS) is 28.9. The summed E-state index contributed by atoms with van der Waals surface area (Å²) in [6, 6.07) is 0.639. The van der Waals surface area contributed by atoms with Gasteiger partial charge in [0.1, 0.15) is 0 Å². The van der Waals surface area contributed by atoms with Crippen molar-refractivity contribution >= 4 is 0 Å². The predicted molar refractivity (Wildman–Crippen MR) is 33.5 cm³/mol. The van der Waals surface area contributed by atoms with Gasteiger partial charge in [-0.15, -0.1) is 0 Å². The molecule has 1 aliphatic heterocycles. The molecule has 0 aliphatic carbocycles. The van der Waals surface area contributed by atoms with E-state index in [-0.39, 0.29) is 0 Å². The highest BCUT2D eigenvalue weighted by molar-refractivity contribution is 4.72. The molecule has 8 heavy (non-hydrogen) atoms. The summed E-state index contributed by atoms with van der Waals surface area (Å²) in [5.41, 5.74) is 6.21. The van der Waals surface area contributed by atoms with Crippen LogP contribution in [0.2, 0.25) is 0 Å². The van der Waals surface area contributed by atoms with Gasteiger partial charge in [-0.2, -0.15) is 0 Å². The molecule has 3 nitrogen and oxygen atoms in total. The van der Waals surface area contributed by atoms with Crippen LogP contribution in [0.25, 0.3) is 0 Å². The van der Waals surface area contributed by atoms with E-state index in [1.54, 1.807) is 0 Å². The van der Waals surface area contributed by atoms with E-state index in [0.717, 1.165) is 13.1 Å². The third-order valence-electron chi connectivity index (χ3n) is 1.37. The third-order valence-corrected chi connectivity index (χ3v) is 1.37. The summed E-state index contributed by atoms with van der Waals surface area (Å²) < 4.78 is 0. The predicted octanol–water partition coefficient (Wildman–Crippen LogP) is -0.928. The average molecular weight is 115 g/mol. The second-order valence-corrected chi connectivity index (χ2v) is 2.11. The largest absolute Gasteiger partial charge is 0.318 e. The Labute approximate surface area is 49.8 Å². The molecule has 0 aromatic heterocycles. The minimum atomic E-state index is 0.639. The first-order valence-electron chi connectivity index (χ1n) is 3.06. The second-order valence-electron chi connectivity index (χ2n) is 2.11. The molecular formula is C5H13N3. The topological polar surface area (TPSA) is 36.1 Å². The van der Waals surface area contributed by atoms with Crippen LogP contribution < -0.4 is 16.2 Å². The van der Waals surface area contributed by atoms with Crippen LogP contribution in [0, 0.1) is 0 Å². The Bertz CT molecular complexity index is 58.7. The van der Waals surface area contributed by atoms with Crippen LogP contribution in [0.3, 0.4) is 0 Å². The van der Waals surface area contributed by atoms with Gasteiger partial charge in [0.05, 0.1) is 0 Å². The molecule has 1 fully saturated rings. The highest BCUT2D eigenvalue weighted by Gasteiger charge is 2.10. The number of nitrogens with one attached hydrogen (secondary N) is 3. The highest BCUT2D eigenvalue weighted by atomic mass is 15.4. The first-order valence-corrected chi connectivity index (χ1v) is 3.06. The minimum absolute atomic E-state index is 0.639. The maximum Gasteiger partial charge on any atom is 0.0350 e. The molecular weight excluding hydrogens is 102 g/mol. The van der Waals surface area contributed by atoms with E-state index in [4.69, 9.17) is 0 Å². The van der Waals surface area contributed by atoms with Crippen LogP contribution in [-0.4, -0.2) is 26.2 Å². The molecule has 1 rings (SSSR count). The van der Waals surface area contributed by atoms with Crippen molar-refractivity contribution in [2.24, 2.45) is 0 Å². The number of hydrogen-bond donors (Lipinski definition) is 3. The number of hydrogen-bond acceptors (Lipinski definition) is 3. The Hall–Kier alpha value is -0.120. The number of hydrazine groups is 1. The molecule has 0 aromatic carbocycles. The lowest BCUT2D eigenvalue weighted by Gasteiger charge is -2.05. The zero-order chi connectivity index (χ0) is 5.82.